The second-order valence-electron chi connectivity index (χ2n) is 3.33. The highest BCUT2D eigenvalue weighted by molar-refractivity contribution is 5.22. The largest absolute Gasteiger partial charge is 0.369 e. The summed E-state index contributed by atoms with van der Waals surface area (Å²) < 4.78 is 7.30. The normalized spacial score (nSPS) is 12.7. The Morgan fingerprint density at radius 1 is 1.27 bits per heavy atom. The molecular weight excluding hydrogens is 190 g/mol. The zero-order chi connectivity index (χ0) is 10.7. The average molecular weight is 203 g/mol. The van der Waals surface area contributed by atoms with Crippen molar-refractivity contribution in [1.29, 1.82) is 0 Å². The van der Waals surface area contributed by atoms with Gasteiger partial charge in [0.25, 0.3) is 0 Å². The van der Waals surface area contributed by atoms with Crippen LogP contribution in [-0.2, 0) is 11.8 Å². The molecule has 2 aromatic rings. The van der Waals surface area contributed by atoms with Gasteiger partial charge in [0.1, 0.15) is 12.4 Å². The summed E-state index contributed by atoms with van der Waals surface area (Å²) >= 11 is 0. The molecule has 0 fully saturated rings. The zero-order valence-electron chi connectivity index (χ0n) is 8.79. The Morgan fingerprint density at radius 2 is 2.00 bits per heavy atom. The van der Waals surface area contributed by atoms with Gasteiger partial charge in [0.2, 0.25) is 0 Å². The Hall–Kier alpha value is -1.68. The van der Waals surface area contributed by atoms with Crippen LogP contribution in [0.25, 0.3) is 0 Å². The van der Waals surface area contributed by atoms with Crippen molar-refractivity contribution in [2.24, 2.45) is 7.05 Å². The van der Waals surface area contributed by atoms with E-state index >= 15 is 0 Å². The second-order valence-corrected chi connectivity index (χ2v) is 3.33. The van der Waals surface area contributed by atoms with E-state index in [2.05, 4.69) is 10.2 Å². The number of rotatable bonds is 3. The SMILES string of the molecule is COC(c1ccccc1)c1nncn1C. The standard InChI is InChI=1S/C11H13N3O/c1-14-8-12-13-11(14)10(15-2)9-6-4-3-5-7-9/h3-8,10H,1-2H3. The lowest BCUT2D eigenvalue weighted by molar-refractivity contribution is 0.126. The van der Waals surface area contributed by atoms with Crippen LogP contribution in [-0.4, -0.2) is 21.9 Å². The lowest BCUT2D eigenvalue weighted by atomic mass is 10.1. The molecule has 15 heavy (non-hydrogen) atoms. The number of hydrogen-bond donors (Lipinski definition) is 0. The van der Waals surface area contributed by atoms with E-state index in [0.717, 1.165) is 11.4 Å². The Morgan fingerprint density at radius 3 is 2.53 bits per heavy atom. The molecule has 0 N–H and O–H groups in total. The number of aromatic nitrogens is 3. The van der Waals surface area contributed by atoms with E-state index in [1.54, 1.807) is 13.4 Å². The van der Waals surface area contributed by atoms with Gasteiger partial charge in [-0.05, 0) is 5.56 Å². The number of ether oxygens (including phenoxy) is 1. The van der Waals surface area contributed by atoms with Gasteiger partial charge in [0.05, 0.1) is 0 Å². The smallest absolute Gasteiger partial charge is 0.166 e. The Balaban J connectivity index is 2.37. The van der Waals surface area contributed by atoms with Gasteiger partial charge in [-0.25, -0.2) is 0 Å². The topological polar surface area (TPSA) is 39.9 Å². The van der Waals surface area contributed by atoms with Crippen LogP contribution < -0.4 is 0 Å². The number of aryl methyl sites for hydroxylation is 1. The minimum absolute atomic E-state index is 0.154. The van der Waals surface area contributed by atoms with E-state index in [1.807, 2.05) is 41.9 Å². The summed E-state index contributed by atoms with van der Waals surface area (Å²) in [5.41, 5.74) is 1.08. The highest BCUT2D eigenvalue weighted by Crippen LogP contribution is 2.22. The van der Waals surface area contributed by atoms with Crippen molar-refractivity contribution in [1.82, 2.24) is 14.8 Å². The number of hydrogen-bond acceptors (Lipinski definition) is 3. The van der Waals surface area contributed by atoms with E-state index in [9.17, 15) is 0 Å². The molecule has 0 aliphatic carbocycles. The molecule has 0 amide bonds. The van der Waals surface area contributed by atoms with E-state index < -0.39 is 0 Å². The summed E-state index contributed by atoms with van der Waals surface area (Å²) in [5, 5.41) is 7.90. The fourth-order valence-corrected chi connectivity index (χ4v) is 1.55. The van der Waals surface area contributed by atoms with Crippen LogP contribution in [0.15, 0.2) is 36.7 Å². The maximum absolute atomic E-state index is 5.44. The first kappa shape index (κ1) is 9.86. The van der Waals surface area contributed by atoms with Crippen molar-refractivity contribution in [3.05, 3.63) is 48.0 Å². The summed E-state index contributed by atoms with van der Waals surface area (Å²) in [6, 6.07) is 9.98. The lowest BCUT2D eigenvalue weighted by Crippen LogP contribution is -2.09. The molecule has 0 aliphatic rings. The number of methoxy groups -OCH3 is 1. The summed E-state index contributed by atoms with van der Waals surface area (Å²) in [7, 11) is 3.58. The number of nitrogens with zero attached hydrogens (tertiary/aromatic N) is 3. The van der Waals surface area contributed by atoms with Crippen LogP contribution in [0.5, 0.6) is 0 Å². The predicted octanol–water partition coefficient (Wildman–Crippen LogP) is 1.55. The molecule has 0 spiro atoms. The number of benzene rings is 1. The molecule has 0 saturated heterocycles. The molecule has 2 rings (SSSR count). The van der Waals surface area contributed by atoms with Gasteiger partial charge in [0, 0.05) is 14.2 Å². The molecule has 0 aliphatic heterocycles. The molecule has 1 atom stereocenters. The van der Waals surface area contributed by atoms with Crippen molar-refractivity contribution in [3.63, 3.8) is 0 Å². The van der Waals surface area contributed by atoms with Gasteiger partial charge < -0.3 is 9.30 Å². The summed E-state index contributed by atoms with van der Waals surface area (Å²) in [6.45, 7) is 0. The van der Waals surface area contributed by atoms with Crippen LogP contribution in [0.4, 0.5) is 0 Å². The molecule has 1 heterocycles. The quantitative estimate of drug-likeness (QED) is 0.759. The summed E-state index contributed by atoms with van der Waals surface area (Å²) in [6.07, 6.45) is 1.52. The second kappa shape index (κ2) is 4.23. The fraction of sp³-hybridized carbons (Fsp3) is 0.273. The molecule has 0 saturated carbocycles. The Labute approximate surface area is 88.5 Å². The minimum atomic E-state index is -0.154. The van der Waals surface area contributed by atoms with E-state index in [-0.39, 0.29) is 6.10 Å². The van der Waals surface area contributed by atoms with Crippen molar-refractivity contribution in [2.45, 2.75) is 6.10 Å². The fourth-order valence-electron chi connectivity index (χ4n) is 1.55. The zero-order valence-corrected chi connectivity index (χ0v) is 8.79. The third-order valence-electron chi connectivity index (χ3n) is 2.32. The molecule has 1 aromatic carbocycles. The van der Waals surface area contributed by atoms with Crippen LogP contribution in [0.2, 0.25) is 0 Å². The highest BCUT2D eigenvalue weighted by Gasteiger charge is 2.17. The first-order valence-electron chi connectivity index (χ1n) is 4.74. The highest BCUT2D eigenvalue weighted by atomic mass is 16.5. The Kier molecular flexibility index (Phi) is 2.78. The summed E-state index contributed by atoms with van der Waals surface area (Å²) in [5.74, 6) is 0.809. The van der Waals surface area contributed by atoms with E-state index in [0.29, 0.717) is 0 Å². The summed E-state index contributed by atoms with van der Waals surface area (Å²) in [4.78, 5) is 0. The molecule has 78 valence electrons. The van der Waals surface area contributed by atoms with Gasteiger partial charge in [-0.15, -0.1) is 10.2 Å². The molecule has 1 aromatic heterocycles. The maximum Gasteiger partial charge on any atom is 0.166 e. The van der Waals surface area contributed by atoms with Crippen LogP contribution in [0, 0.1) is 0 Å². The third-order valence-corrected chi connectivity index (χ3v) is 2.32. The van der Waals surface area contributed by atoms with Crippen molar-refractivity contribution < 1.29 is 4.74 Å². The minimum Gasteiger partial charge on any atom is -0.369 e. The first-order valence-corrected chi connectivity index (χ1v) is 4.74. The van der Waals surface area contributed by atoms with Crippen LogP contribution in [0.3, 0.4) is 0 Å². The van der Waals surface area contributed by atoms with Gasteiger partial charge in [-0.1, -0.05) is 30.3 Å². The van der Waals surface area contributed by atoms with E-state index in [1.165, 1.54) is 0 Å². The Bertz CT molecular complexity index is 424. The maximum atomic E-state index is 5.44. The van der Waals surface area contributed by atoms with Crippen molar-refractivity contribution in [2.75, 3.05) is 7.11 Å². The van der Waals surface area contributed by atoms with Crippen LogP contribution in [0.1, 0.15) is 17.5 Å². The van der Waals surface area contributed by atoms with Gasteiger partial charge in [0.15, 0.2) is 5.82 Å². The monoisotopic (exact) mass is 203 g/mol. The van der Waals surface area contributed by atoms with Gasteiger partial charge >= 0.3 is 0 Å². The molecule has 4 heteroatoms. The van der Waals surface area contributed by atoms with Gasteiger partial charge in [-0.2, -0.15) is 0 Å². The molecule has 1 unspecified atom stereocenters. The average Bonchev–Trinajstić information content (AvgIpc) is 2.68. The molecule has 0 bridgehead atoms. The third kappa shape index (κ3) is 1.89. The molecule has 4 nitrogen and oxygen atoms in total. The van der Waals surface area contributed by atoms with Crippen molar-refractivity contribution in [3.8, 4) is 0 Å². The molecule has 0 radical (unpaired) electrons. The van der Waals surface area contributed by atoms with Crippen molar-refractivity contribution >= 4 is 0 Å². The van der Waals surface area contributed by atoms with Gasteiger partial charge in [-0.3, -0.25) is 0 Å². The first-order chi connectivity index (χ1) is 7.33. The lowest BCUT2D eigenvalue weighted by Gasteiger charge is -2.14. The predicted molar refractivity (Wildman–Crippen MR) is 56.3 cm³/mol. The molecular formula is C11H13N3O. The van der Waals surface area contributed by atoms with Crippen LogP contribution >= 0.6 is 0 Å². The van der Waals surface area contributed by atoms with E-state index in [4.69, 9.17) is 4.74 Å².